The second-order valence-corrected chi connectivity index (χ2v) is 6.75. The highest BCUT2D eigenvalue weighted by molar-refractivity contribution is 5.95. The largest absolute Gasteiger partial charge is 0.452 e. The maximum Gasteiger partial charge on any atom is 0.311 e. The van der Waals surface area contributed by atoms with E-state index in [0.717, 1.165) is 18.8 Å². The Morgan fingerprint density at radius 1 is 1.26 bits per heavy atom. The molecule has 27 heavy (non-hydrogen) atoms. The van der Waals surface area contributed by atoms with Gasteiger partial charge in [0.2, 0.25) is 5.91 Å². The molecule has 2 amide bonds. The number of rotatable bonds is 5. The number of amides is 2. The predicted octanol–water partition coefficient (Wildman–Crippen LogP) is 0.920. The number of nitrogens with one attached hydrogen (secondary N) is 2. The monoisotopic (exact) mass is 375 g/mol. The van der Waals surface area contributed by atoms with Gasteiger partial charge in [0.1, 0.15) is 0 Å². The Morgan fingerprint density at radius 3 is 2.59 bits per heavy atom. The van der Waals surface area contributed by atoms with Crippen molar-refractivity contribution in [3.63, 3.8) is 0 Å². The number of carbonyl (C=O) groups excluding carboxylic acids is 3. The van der Waals surface area contributed by atoms with Crippen LogP contribution in [0.3, 0.4) is 0 Å². The molecule has 0 unspecified atom stereocenters. The molecule has 8 heteroatoms. The Balaban J connectivity index is 1.48. The minimum absolute atomic E-state index is 0.0645. The Labute approximate surface area is 158 Å². The lowest BCUT2D eigenvalue weighted by Gasteiger charge is -2.29. The Hall–Kier alpha value is -2.61. The number of carbonyl (C=O) groups is 3. The van der Waals surface area contributed by atoms with Crippen molar-refractivity contribution in [1.82, 2.24) is 5.32 Å². The van der Waals surface area contributed by atoms with Gasteiger partial charge in [-0.25, -0.2) is 0 Å². The van der Waals surface area contributed by atoms with E-state index < -0.39 is 18.0 Å². The van der Waals surface area contributed by atoms with Gasteiger partial charge in [-0.3, -0.25) is 14.4 Å². The van der Waals surface area contributed by atoms with Crippen molar-refractivity contribution in [1.29, 1.82) is 0 Å². The number of ether oxygens (including phenoxy) is 2. The number of anilines is 2. The van der Waals surface area contributed by atoms with E-state index in [1.807, 2.05) is 24.3 Å². The summed E-state index contributed by atoms with van der Waals surface area (Å²) < 4.78 is 10.6. The summed E-state index contributed by atoms with van der Waals surface area (Å²) in [6, 6.07) is 7.55. The van der Waals surface area contributed by atoms with E-state index in [9.17, 15) is 14.4 Å². The minimum atomic E-state index is -0.908. The van der Waals surface area contributed by atoms with Gasteiger partial charge in [0.05, 0.1) is 19.1 Å². The fourth-order valence-electron chi connectivity index (χ4n) is 3.08. The van der Waals surface area contributed by atoms with E-state index in [-0.39, 0.29) is 18.4 Å². The van der Waals surface area contributed by atoms with Crippen molar-refractivity contribution in [3.8, 4) is 0 Å². The van der Waals surface area contributed by atoms with Crippen LogP contribution in [0.1, 0.15) is 19.8 Å². The number of hydrogen-bond acceptors (Lipinski definition) is 6. The smallest absolute Gasteiger partial charge is 0.311 e. The van der Waals surface area contributed by atoms with E-state index in [0.29, 0.717) is 31.7 Å². The van der Waals surface area contributed by atoms with Crippen LogP contribution in [0.15, 0.2) is 24.3 Å². The Kier molecular flexibility index (Phi) is 6.28. The van der Waals surface area contributed by atoms with Gasteiger partial charge in [0.15, 0.2) is 6.10 Å². The number of benzene rings is 1. The first kappa shape index (κ1) is 19.2. The highest BCUT2D eigenvalue weighted by Gasteiger charge is 2.28. The topological polar surface area (TPSA) is 97.0 Å². The van der Waals surface area contributed by atoms with E-state index in [1.54, 1.807) is 0 Å². The van der Waals surface area contributed by atoms with Crippen LogP contribution in [0, 0.1) is 5.92 Å². The Morgan fingerprint density at radius 2 is 1.96 bits per heavy atom. The van der Waals surface area contributed by atoms with Crippen molar-refractivity contribution >= 4 is 29.2 Å². The van der Waals surface area contributed by atoms with Crippen LogP contribution in [0.25, 0.3) is 0 Å². The predicted molar refractivity (Wildman–Crippen MR) is 99.4 cm³/mol. The quantitative estimate of drug-likeness (QED) is 0.743. The highest BCUT2D eigenvalue weighted by Crippen LogP contribution is 2.19. The number of esters is 1. The van der Waals surface area contributed by atoms with Gasteiger partial charge in [-0.2, -0.15) is 0 Å². The SMILES string of the molecule is C[C@@H](OC(=O)[C@H]1CCC(=O)NC1)C(=O)Nc1ccc(N2CCOCC2)cc1. The van der Waals surface area contributed by atoms with Gasteiger partial charge in [0, 0.05) is 37.4 Å². The maximum atomic E-state index is 12.3. The van der Waals surface area contributed by atoms with E-state index in [2.05, 4.69) is 15.5 Å². The fourth-order valence-corrected chi connectivity index (χ4v) is 3.08. The van der Waals surface area contributed by atoms with Crippen molar-refractivity contribution in [2.75, 3.05) is 43.1 Å². The third kappa shape index (κ3) is 5.19. The molecule has 8 nitrogen and oxygen atoms in total. The van der Waals surface area contributed by atoms with Crippen LogP contribution in [-0.2, 0) is 23.9 Å². The summed E-state index contributed by atoms with van der Waals surface area (Å²) in [6.45, 7) is 4.92. The first-order valence-electron chi connectivity index (χ1n) is 9.24. The molecule has 2 heterocycles. The van der Waals surface area contributed by atoms with Crippen molar-refractivity contribution in [2.45, 2.75) is 25.9 Å². The second-order valence-electron chi connectivity index (χ2n) is 6.75. The molecular formula is C19H25N3O5. The van der Waals surface area contributed by atoms with Crippen LogP contribution in [0.5, 0.6) is 0 Å². The van der Waals surface area contributed by atoms with Crippen molar-refractivity contribution < 1.29 is 23.9 Å². The molecule has 146 valence electrons. The fraction of sp³-hybridized carbons (Fsp3) is 0.526. The van der Waals surface area contributed by atoms with Gasteiger partial charge < -0.3 is 25.0 Å². The molecular weight excluding hydrogens is 350 g/mol. The lowest BCUT2D eigenvalue weighted by Crippen LogP contribution is -2.41. The summed E-state index contributed by atoms with van der Waals surface area (Å²) in [5.74, 6) is -1.31. The van der Waals surface area contributed by atoms with Gasteiger partial charge in [-0.05, 0) is 37.6 Å². The molecule has 2 fully saturated rings. The molecule has 2 saturated heterocycles. The number of hydrogen-bond donors (Lipinski definition) is 2. The summed E-state index contributed by atoms with van der Waals surface area (Å²) >= 11 is 0. The summed E-state index contributed by atoms with van der Waals surface area (Å²) in [6.07, 6.45) is -0.160. The molecule has 0 bridgehead atoms. The third-order valence-electron chi connectivity index (χ3n) is 4.77. The molecule has 1 aromatic rings. The standard InChI is InChI=1S/C19H25N3O5/c1-13(27-19(25)14-2-7-17(23)20-12-14)18(24)21-15-3-5-16(6-4-15)22-8-10-26-11-9-22/h3-6,13-14H,2,7-12H2,1H3,(H,20,23)(H,21,24)/t13-,14+/m1/s1. The second kappa shape index (κ2) is 8.85. The van der Waals surface area contributed by atoms with Crippen LogP contribution in [-0.4, -0.2) is 56.7 Å². The van der Waals surface area contributed by atoms with Gasteiger partial charge in [0.25, 0.3) is 5.91 Å². The van der Waals surface area contributed by atoms with Crippen LogP contribution in [0.2, 0.25) is 0 Å². The molecule has 2 atom stereocenters. The van der Waals surface area contributed by atoms with Gasteiger partial charge in [-0.1, -0.05) is 0 Å². The normalized spacial score (nSPS) is 21.1. The molecule has 0 aliphatic carbocycles. The third-order valence-corrected chi connectivity index (χ3v) is 4.77. The van der Waals surface area contributed by atoms with E-state index in [4.69, 9.17) is 9.47 Å². The molecule has 2 aliphatic heterocycles. The van der Waals surface area contributed by atoms with Crippen LogP contribution >= 0.6 is 0 Å². The summed E-state index contributed by atoms with van der Waals surface area (Å²) in [4.78, 5) is 37.8. The zero-order chi connectivity index (χ0) is 19.2. The number of nitrogens with zero attached hydrogens (tertiary/aromatic N) is 1. The average Bonchev–Trinajstić information content (AvgIpc) is 2.69. The van der Waals surface area contributed by atoms with E-state index >= 15 is 0 Å². The molecule has 3 rings (SSSR count). The summed E-state index contributed by atoms with van der Waals surface area (Å²) in [7, 11) is 0. The molecule has 0 saturated carbocycles. The lowest BCUT2D eigenvalue weighted by atomic mass is 9.99. The molecule has 0 radical (unpaired) electrons. The number of morpholine rings is 1. The summed E-state index contributed by atoms with van der Waals surface area (Å²) in [5, 5.41) is 5.39. The Bertz CT molecular complexity index is 675. The van der Waals surface area contributed by atoms with E-state index in [1.165, 1.54) is 6.92 Å². The summed E-state index contributed by atoms with van der Waals surface area (Å²) in [5.41, 5.74) is 1.72. The van der Waals surface area contributed by atoms with Crippen molar-refractivity contribution in [3.05, 3.63) is 24.3 Å². The van der Waals surface area contributed by atoms with Crippen molar-refractivity contribution in [2.24, 2.45) is 5.92 Å². The first-order valence-corrected chi connectivity index (χ1v) is 9.24. The first-order chi connectivity index (χ1) is 13.0. The molecule has 2 aliphatic rings. The average molecular weight is 375 g/mol. The lowest BCUT2D eigenvalue weighted by molar-refractivity contribution is -0.158. The van der Waals surface area contributed by atoms with Gasteiger partial charge >= 0.3 is 5.97 Å². The zero-order valence-corrected chi connectivity index (χ0v) is 15.4. The zero-order valence-electron chi connectivity index (χ0n) is 15.4. The molecule has 0 spiro atoms. The van der Waals surface area contributed by atoms with Gasteiger partial charge in [-0.15, -0.1) is 0 Å². The minimum Gasteiger partial charge on any atom is -0.452 e. The molecule has 0 aromatic heterocycles. The molecule has 1 aromatic carbocycles. The number of piperidine rings is 1. The van der Waals surface area contributed by atoms with Crippen LogP contribution < -0.4 is 15.5 Å². The highest BCUT2D eigenvalue weighted by atomic mass is 16.5. The maximum absolute atomic E-state index is 12.3. The van der Waals surface area contributed by atoms with Crippen LogP contribution in [0.4, 0.5) is 11.4 Å². The molecule has 2 N–H and O–H groups in total.